The van der Waals surface area contributed by atoms with Crippen molar-refractivity contribution in [3.8, 4) is 5.75 Å². The molecule has 0 saturated heterocycles. The summed E-state index contributed by atoms with van der Waals surface area (Å²) < 4.78 is 18.3. The van der Waals surface area contributed by atoms with E-state index >= 15 is 0 Å². The van der Waals surface area contributed by atoms with Crippen LogP contribution in [0.25, 0.3) is 0 Å². The van der Waals surface area contributed by atoms with Gasteiger partial charge in [0.1, 0.15) is 11.6 Å². The third-order valence-corrected chi connectivity index (χ3v) is 1.93. The number of ether oxygens (including phenoxy) is 1. The highest BCUT2D eigenvalue weighted by Gasteiger charge is 2.08. The highest BCUT2D eigenvalue weighted by atomic mass is 19.1. The molecule has 0 amide bonds. The molecule has 0 aliphatic carbocycles. The summed E-state index contributed by atoms with van der Waals surface area (Å²) in [4.78, 5) is 0. The summed E-state index contributed by atoms with van der Waals surface area (Å²) in [6.07, 6.45) is 0.898. The summed E-state index contributed by atoms with van der Waals surface area (Å²) in [6.45, 7) is 4.44. The topological polar surface area (TPSA) is 35.2 Å². The molecule has 78 valence electrons. The number of hydrogen-bond donors (Lipinski definition) is 1. The number of nitrogens with two attached hydrogens (primary N) is 1. The summed E-state index contributed by atoms with van der Waals surface area (Å²) in [5.74, 6) is 0.266. The second-order valence-electron chi connectivity index (χ2n) is 3.32. The first-order valence-corrected chi connectivity index (χ1v) is 4.83. The van der Waals surface area contributed by atoms with Gasteiger partial charge < -0.3 is 10.5 Å². The normalized spacial score (nSPS) is 12.6. The van der Waals surface area contributed by atoms with Crippen molar-refractivity contribution in [2.24, 2.45) is 5.73 Å². The zero-order valence-electron chi connectivity index (χ0n) is 8.59. The molecule has 2 N–H and O–H groups in total. The van der Waals surface area contributed by atoms with E-state index in [-0.39, 0.29) is 11.9 Å². The van der Waals surface area contributed by atoms with E-state index in [1.807, 2.05) is 13.8 Å². The fourth-order valence-corrected chi connectivity index (χ4v) is 1.22. The van der Waals surface area contributed by atoms with Gasteiger partial charge in [0.05, 0.1) is 6.61 Å². The van der Waals surface area contributed by atoms with Crippen molar-refractivity contribution in [1.82, 2.24) is 0 Å². The first-order chi connectivity index (χ1) is 6.65. The Morgan fingerprint density at radius 2 is 2.21 bits per heavy atom. The van der Waals surface area contributed by atoms with Crippen molar-refractivity contribution in [2.75, 3.05) is 6.61 Å². The first-order valence-electron chi connectivity index (χ1n) is 4.83. The lowest BCUT2D eigenvalue weighted by atomic mass is 10.1. The molecule has 0 aliphatic heterocycles. The molecular weight excluding hydrogens is 181 g/mol. The van der Waals surface area contributed by atoms with Gasteiger partial charge in [-0.25, -0.2) is 4.39 Å². The maximum Gasteiger partial charge on any atom is 0.126 e. The second-order valence-corrected chi connectivity index (χ2v) is 3.32. The van der Waals surface area contributed by atoms with Crippen molar-refractivity contribution in [2.45, 2.75) is 26.3 Å². The Bertz CT molecular complexity index is 299. The van der Waals surface area contributed by atoms with Crippen LogP contribution in [0.15, 0.2) is 18.2 Å². The third kappa shape index (κ3) is 2.70. The van der Waals surface area contributed by atoms with Crippen LogP contribution in [-0.4, -0.2) is 6.61 Å². The zero-order chi connectivity index (χ0) is 10.6. The van der Waals surface area contributed by atoms with Gasteiger partial charge >= 0.3 is 0 Å². The molecule has 0 aromatic heterocycles. The highest BCUT2D eigenvalue weighted by Crippen LogP contribution is 2.24. The minimum Gasteiger partial charge on any atom is -0.493 e. The average molecular weight is 197 g/mol. The number of rotatable bonds is 4. The minimum absolute atomic E-state index is 0.137. The van der Waals surface area contributed by atoms with E-state index in [2.05, 4.69) is 0 Å². The van der Waals surface area contributed by atoms with Crippen LogP contribution in [-0.2, 0) is 0 Å². The molecule has 0 radical (unpaired) electrons. The summed E-state index contributed by atoms with van der Waals surface area (Å²) in [6, 6.07) is 4.32. The van der Waals surface area contributed by atoms with E-state index in [0.717, 1.165) is 12.0 Å². The van der Waals surface area contributed by atoms with Crippen LogP contribution in [0.1, 0.15) is 31.9 Å². The van der Waals surface area contributed by atoms with E-state index in [9.17, 15) is 4.39 Å². The molecule has 0 aliphatic rings. The van der Waals surface area contributed by atoms with Gasteiger partial charge in [0, 0.05) is 17.7 Å². The number of hydrogen-bond acceptors (Lipinski definition) is 2. The van der Waals surface area contributed by atoms with E-state index in [4.69, 9.17) is 10.5 Å². The molecule has 0 heterocycles. The second kappa shape index (κ2) is 4.96. The lowest BCUT2D eigenvalue weighted by Crippen LogP contribution is -2.08. The Labute approximate surface area is 83.9 Å². The first kappa shape index (κ1) is 11.0. The third-order valence-electron chi connectivity index (χ3n) is 1.93. The quantitative estimate of drug-likeness (QED) is 0.805. The largest absolute Gasteiger partial charge is 0.493 e. The van der Waals surface area contributed by atoms with Crippen LogP contribution < -0.4 is 10.5 Å². The maximum atomic E-state index is 12.9. The van der Waals surface area contributed by atoms with Crippen LogP contribution in [0.3, 0.4) is 0 Å². The predicted octanol–water partition coefficient (Wildman–Crippen LogP) is 2.63. The van der Waals surface area contributed by atoms with Crippen molar-refractivity contribution in [3.05, 3.63) is 29.6 Å². The minimum atomic E-state index is -0.291. The molecule has 2 nitrogen and oxygen atoms in total. The van der Waals surface area contributed by atoms with Gasteiger partial charge in [-0.3, -0.25) is 0 Å². The Morgan fingerprint density at radius 1 is 1.50 bits per heavy atom. The molecule has 0 spiro atoms. The van der Waals surface area contributed by atoms with E-state index in [1.165, 1.54) is 12.1 Å². The van der Waals surface area contributed by atoms with Gasteiger partial charge in [0.2, 0.25) is 0 Å². The van der Waals surface area contributed by atoms with Gasteiger partial charge in [0.25, 0.3) is 0 Å². The van der Waals surface area contributed by atoms with Crippen molar-refractivity contribution in [3.63, 3.8) is 0 Å². The molecule has 0 bridgehead atoms. The SMILES string of the molecule is CCCOc1cc(F)ccc1C(C)N. The van der Waals surface area contributed by atoms with Crippen molar-refractivity contribution < 1.29 is 9.13 Å². The molecular formula is C11H16FNO. The predicted molar refractivity (Wildman–Crippen MR) is 54.8 cm³/mol. The summed E-state index contributed by atoms with van der Waals surface area (Å²) in [7, 11) is 0. The Hall–Kier alpha value is -1.09. The highest BCUT2D eigenvalue weighted by molar-refractivity contribution is 5.36. The number of benzene rings is 1. The maximum absolute atomic E-state index is 12.9. The summed E-state index contributed by atoms with van der Waals surface area (Å²) in [5.41, 5.74) is 6.58. The average Bonchev–Trinajstić information content (AvgIpc) is 2.14. The van der Waals surface area contributed by atoms with Crippen molar-refractivity contribution in [1.29, 1.82) is 0 Å². The van der Waals surface area contributed by atoms with E-state index < -0.39 is 0 Å². The van der Waals surface area contributed by atoms with Crippen LogP contribution in [0.5, 0.6) is 5.75 Å². The fraction of sp³-hybridized carbons (Fsp3) is 0.455. The van der Waals surface area contributed by atoms with Crippen LogP contribution in [0, 0.1) is 5.82 Å². The smallest absolute Gasteiger partial charge is 0.126 e. The monoisotopic (exact) mass is 197 g/mol. The number of halogens is 1. The summed E-state index contributed by atoms with van der Waals surface area (Å²) in [5, 5.41) is 0. The molecule has 1 aromatic rings. The molecule has 1 atom stereocenters. The van der Waals surface area contributed by atoms with Gasteiger partial charge in [-0.15, -0.1) is 0 Å². The molecule has 0 saturated carbocycles. The standard InChI is InChI=1S/C11H16FNO/c1-3-6-14-11-7-9(12)4-5-10(11)8(2)13/h4-5,7-8H,3,6,13H2,1-2H3. The molecule has 1 unspecified atom stereocenters. The Morgan fingerprint density at radius 3 is 2.79 bits per heavy atom. The molecule has 1 aromatic carbocycles. The van der Waals surface area contributed by atoms with Gasteiger partial charge in [0.15, 0.2) is 0 Å². The Balaban J connectivity index is 2.91. The fourth-order valence-electron chi connectivity index (χ4n) is 1.22. The zero-order valence-corrected chi connectivity index (χ0v) is 8.59. The molecule has 3 heteroatoms. The molecule has 14 heavy (non-hydrogen) atoms. The lowest BCUT2D eigenvalue weighted by Gasteiger charge is -2.13. The lowest BCUT2D eigenvalue weighted by molar-refractivity contribution is 0.311. The van der Waals surface area contributed by atoms with Gasteiger partial charge in [-0.2, -0.15) is 0 Å². The van der Waals surface area contributed by atoms with E-state index in [1.54, 1.807) is 6.07 Å². The Kier molecular flexibility index (Phi) is 3.89. The van der Waals surface area contributed by atoms with Crippen LogP contribution >= 0.6 is 0 Å². The molecule has 1 rings (SSSR count). The summed E-state index contributed by atoms with van der Waals surface area (Å²) >= 11 is 0. The molecule has 0 fully saturated rings. The van der Waals surface area contributed by atoms with Crippen molar-refractivity contribution >= 4 is 0 Å². The van der Waals surface area contributed by atoms with Gasteiger partial charge in [-0.1, -0.05) is 13.0 Å². The van der Waals surface area contributed by atoms with Crippen LogP contribution in [0.2, 0.25) is 0 Å². The van der Waals surface area contributed by atoms with Gasteiger partial charge in [-0.05, 0) is 19.4 Å². The van der Waals surface area contributed by atoms with Crippen LogP contribution in [0.4, 0.5) is 4.39 Å². The van der Waals surface area contributed by atoms with E-state index in [0.29, 0.717) is 12.4 Å².